The van der Waals surface area contributed by atoms with Crippen LogP contribution in [-0.2, 0) is 4.79 Å². The maximum Gasteiger partial charge on any atom is 0.326 e. The van der Waals surface area contributed by atoms with Gasteiger partial charge >= 0.3 is 12.0 Å². The number of urea groups is 1. The number of aliphatic hydroxyl groups excluding tert-OH is 1. The highest BCUT2D eigenvalue weighted by Gasteiger charge is 2.39. The molecule has 0 radical (unpaired) electrons. The predicted molar refractivity (Wildman–Crippen MR) is 63.2 cm³/mol. The Bertz CT molecular complexity index is 330. The van der Waals surface area contributed by atoms with Crippen LogP contribution >= 0.6 is 0 Å². The Kier molecular flexibility index (Phi) is 4.03. The molecule has 2 rings (SSSR count). The standard InChI is InChI=1S/C11H19N3O4/c15-8-5-9(10(16)17)14(6-8)11(18)13-7-1-3-12-4-2-7/h7-9,12,15H,1-6H2,(H,13,18)(H,16,17)/t8-,9-/m0/s1. The summed E-state index contributed by atoms with van der Waals surface area (Å²) in [6.45, 7) is 1.81. The fourth-order valence-electron chi connectivity index (χ4n) is 2.50. The van der Waals surface area contributed by atoms with Crippen LogP contribution in [0.15, 0.2) is 0 Å². The summed E-state index contributed by atoms with van der Waals surface area (Å²) in [5, 5.41) is 24.5. The van der Waals surface area contributed by atoms with Gasteiger partial charge in [0.05, 0.1) is 6.10 Å². The molecular formula is C11H19N3O4. The van der Waals surface area contributed by atoms with Crippen molar-refractivity contribution in [2.45, 2.75) is 37.5 Å². The minimum absolute atomic E-state index is 0.0888. The topological polar surface area (TPSA) is 102 Å². The van der Waals surface area contributed by atoms with Gasteiger partial charge in [0.2, 0.25) is 0 Å². The van der Waals surface area contributed by atoms with Crippen molar-refractivity contribution in [3.8, 4) is 0 Å². The molecule has 0 spiro atoms. The SMILES string of the molecule is O=C(O)[C@@H]1C[C@H](O)CN1C(=O)NC1CCNCC1. The fourth-order valence-corrected chi connectivity index (χ4v) is 2.50. The molecule has 0 aromatic carbocycles. The van der Waals surface area contributed by atoms with Crippen LogP contribution in [0.25, 0.3) is 0 Å². The number of hydrogen-bond acceptors (Lipinski definition) is 4. The number of piperidine rings is 1. The van der Waals surface area contributed by atoms with Crippen LogP contribution in [0.5, 0.6) is 0 Å². The average molecular weight is 257 g/mol. The molecule has 7 heteroatoms. The monoisotopic (exact) mass is 257 g/mol. The summed E-state index contributed by atoms with van der Waals surface area (Å²) in [4.78, 5) is 24.2. The minimum atomic E-state index is -1.06. The van der Waals surface area contributed by atoms with Gasteiger partial charge in [-0.2, -0.15) is 0 Å². The van der Waals surface area contributed by atoms with Crippen molar-refractivity contribution in [2.75, 3.05) is 19.6 Å². The Morgan fingerprint density at radius 1 is 1.28 bits per heavy atom. The number of aliphatic carboxylic acids is 1. The Balaban J connectivity index is 1.92. The van der Waals surface area contributed by atoms with Gasteiger partial charge in [0.1, 0.15) is 6.04 Å². The van der Waals surface area contributed by atoms with E-state index < -0.39 is 18.1 Å². The van der Waals surface area contributed by atoms with Gasteiger partial charge in [-0.15, -0.1) is 0 Å². The van der Waals surface area contributed by atoms with Gasteiger partial charge in [-0.05, 0) is 25.9 Å². The summed E-state index contributed by atoms with van der Waals surface area (Å²) in [7, 11) is 0. The lowest BCUT2D eigenvalue weighted by Gasteiger charge is -2.28. The number of carbonyl (C=O) groups excluding carboxylic acids is 1. The van der Waals surface area contributed by atoms with Gasteiger partial charge in [-0.25, -0.2) is 9.59 Å². The zero-order valence-electron chi connectivity index (χ0n) is 10.1. The fraction of sp³-hybridized carbons (Fsp3) is 0.818. The van der Waals surface area contributed by atoms with Gasteiger partial charge in [0.25, 0.3) is 0 Å². The summed E-state index contributed by atoms with van der Waals surface area (Å²) in [6, 6.07) is -1.21. The molecule has 0 bridgehead atoms. The van der Waals surface area contributed by atoms with Crippen molar-refractivity contribution in [1.82, 2.24) is 15.5 Å². The number of hydrogen-bond donors (Lipinski definition) is 4. The normalized spacial score (nSPS) is 29.3. The van der Waals surface area contributed by atoms with Crippen molar-refractivity contribution < 1.29 is 19.8 Å². The molecule has 0 aromatic heterocycles. The molecule has 0 aromatic rings. The van der Waals surface area contributed by atoms with E-state index in [1.807, 2.05) is 0 Å². The number of likely N-dealkylation sites (tertiary alicyclic amines) is 1. The number of nitrogens with zero attached hydrogens (tertiary/aromatic N) is 1. The van der Waals surface area contributed by atoms with E-state index in [4.69, 9.17) is 5.11 Å². The number of β-amino-alcohol motifs (C(OH)–C–C–N with tert-alkyl or cyclic N) is 1. The lowest BCUT2D eigenvalue weighted by molar-refractivity contribution is -0.141. The van der Waals surface area contributed by atoms with Crippen LogP contribution in [0.2, 0.25) is 0 Å². The quantitative estimate of drug-likeness (QED) is 0.506. The summed E-state index contributed by atoms with van der Waals surface area (Å²) in [6.07, 6.45) is 1.05. The van der Waals surface area contributed by atoms with Gasteiger partial charge in [0.15, 0.2) is 0 Å². The van der Waals surface area contributed by atoms with Crippen molar-refractivity contribution in [1.29, 1.82) is 0 Å². The summed E-state index contributed by atoms with van der Waals surface area (Å²) < 4.78 is 0. The average Bonchev–Trinajstić information content (AvgIpc) is 2.73. The van der Waals surface area contributed by atoms with E-state index in [1.165, 1.54) is 4.90 Å². The Labute approximate surface area is 105 Å². The van der Waals surface area contributed by atoms with Crippen molar-refractivity contribution in [2.24, 2.45) is 0 Å². The molecule has 2 aliphatic heterocycles. The number of carbonyl (C=O) groups is 2. The first-order chi connectivity index (χ1) is 8.58. The van der Waals surface area contributed by atoms with Gasteiger partial charge in [0, 0.05) is 19.0 Å². The van der Waals surface area contributed by atoms with E-state index in [9.17, 15) is 14.7 Å². The molecule has 2 aliphatic rings. The van der Waals surface area contributed by atoms with Crippen LogP contribution in [0.4, 0.5) is 4.79 Å². The van der Waals surface area contributed by atoms with E-state index in [1.54, 1.807) is 0 Å². The Hall–Kier alpha value is -1.34. The van der Waals surface area contributed by atoms with Crippen LogP contribution in [0, 0.1) is 0 Å². The summed E-state index contributed by atoms with van der Waals surface area (Å²) in [5.74, 6) is -1.06. The second kappa shape index (κ2) is 5.53. The molecular weight excluding hydrogens is 238 g/mol. The number of rotatable bonds is 2. The van der Waals surface area contributed by atoms with Gasteiger partial charge in [-0.1, -0.05) is 0 Å². The molecule has 2 fully saturated rings. The Morgan fingerprint density at radius 3 is 2.56 bits per heavy atom. The molecule has 7 nitrogen and oxygen atoms in total. The van der Waals surface area contributed by atoms with Crippen molar-refractivity contribution in [3.05, 3.63) is 0 Å². The zero-order valence-corrected chi connectivity index (χ0v) is 10.1. The van der Waals surface area contributed by atoms with Gasteiger partial charge < -0.3 is 25.7 Å². The third-order valence-corrected chi connectivity index (χ3v) is 3.49. The molecule has 0 aliphatic carbocycles. The lowest BCUT2D eigenvalue weighted by Crippen LogP contribution is -2.51. The molecule has 2 saturated heterocycles. The van der Waals surface area contributed by atoms with E-state index in [-0.39, 0.29) is 25.0 Å². The first-order valence-corrected chi connectivity index (χ1v) is 6.26. The second-order valence-corrected chi connectivity index (χ2v) is 4.87. The maximum atomic E-state index is 12.0. The second-order valence-electron chi connectivity index (χ2n) is 4.87. The largest absolute Gasteiger partial charge is 0.480 e. The third kappa shape index (κ3) is 2.91. The molecule has 102 valence electrons. The number of amides is 2. The number of nitrogens with one attached hydrogen (secondary N) is 2. The maximum absolute atomic E-state index is 12.0. The number of aliphatic hydroxyl groups is 1. The minimum Gasteiger partial charge on any atom is -0.480 e. The first kappa shape index (κ1) is 13.1. The van der Waals surface area contributed by atoms with Crippen LogP contribution < -0.4 is 10.6 Å². The number of carboxylic acids is 1. The number of carboxylic acid groups (broad SMARTS) is 1. The van der Waals surface area contributed by atoms with Crippen molar-refractivity contribution in [3.63, 3.8) is 0 Å². The van der Waals surface area contributed by atoms with Crippen LogP contribution in [-0.4, -0.2) is 64.9 Å². The van der Waals surface area contributed by atoms with Crippen LogP contribution in [0.3, 0.4) is 0 Å². The molecule has 18 heavy (non-hydrogen) atoms. The highest BCUT2D eigenvalue weighted by Crippen LogP contribution is 2.18. The summed E-state index contributed by atoms with van der Waals surface area (Å²) >= 11 is 0. The molecule has 0 saturated carbocycles. The third-order valence-electron chi connectivity index (χ3n) is 3.49. The summed E-state index contributed by atoms with van der Waals surface area (Å²) in [5.41, 5.74) is 0. The molecule has 4 N–H and O–H groups in total. The van der Waals surface area contributed by atoms with Crippen LogP contribution in [0.1, 0.15) is 19.3 Å². The van der Waals surface area contributed by atoms with E-state index in [0.717, 1.165) is 25.9 Å². The molecule has 2 heterocycles. The van der Waals surface area contributed by atoms with Gasteiger partial charge in [-0.3, -0.25) is 0 Å². The first-order valence-electron chi connectivity index (χ1n) is 6.26. The van der Waals surface area contributed by atoms with E-state index in [2.05, 4.69) is 10.6 Å². The molecule has 2 amide bonds. The molecule has 2 atom stereocenters. The van der Waals surface area contributed by atoms with Crippen molar-refractivity contribution >= 4 is 12.0 Å². The predicted octanol–water partition coefficient (Wildman–Crippen LogP) is -1.03. The molecule has 0 unspecified atom stereocenters. The zero-order chi connectivity index (χ0) is 13.1. The highest BCUT2D eigenvalue weighted by atomic mass is 16.4. The smallest absolute Gasteiger partial charge is 0.326 e. The highest BCUT2D eigenvalue weighted by molar-refractivity contribution is 5.83. The lowest BCUT2D eigenvalue weighted by atomic mass is 10.1. The van der Waals surface area contributed by atoms with E-state index >= 15 is 0 Å². The van der Waals surface area contributed by atoms with E-state index in [0.29, 0.717) is 0 Å². The Morgan fingerprint density at radius 2 is 1.94 bits per heavy atom.